The predicted molar refractivity (Wildman–Crippen MR) is 81.9 cm³/mol. The van der Waals surface area contributed by atoms with Gasteiger partial charge in [-0.3, -0.25) is 0 Å². The third-order valence-electron chi connectivity index (χ3n) is 1.50. The minimum absolute atomic E-state index is 0.336. The molecule has 0 radical (unpaired) electrons. The Morgan fingerprint density at radius 1 is 1.00 bits per heavy atom. The number of ether oxygens (including phenoxy) is 3. The molecule has 0 atom stereocenters. The van der Waals surface area contributed by atoms with Crippen molar-refractivity contribution < 1.29 is 28.9 Å². The topological polar surface area (TPSA) is 82.1 Å². The van der Waals surface area contributed by atoms with E-state index in [2.05, 4.69) is 47.5 Å². The maximum Gasteiger partial charge on any atom is 0.518 e. The fraction of sp³-hybridized carbons (Fsp3) is 0.333. The average molecular weight is 300 g/mol. The first kappa shape index (κ1) is 23.6. The molecule has 0 aliphatic carbocycles. The molecule has 0 aromatic heterocycles. The maximum atomic E-state index is 10.1. The first-order valence-electron chi connectivity index (χ1n) is 6.18. The van der Waals surface area contributed by atoms with Crippen LogP contribution in [0.25, 0.3) is 0 Å². The summed E-state index contributed by atoms with van der Waals surface area (Å²) in [4.78, 5) is 19.8. The van der Waals surface area contributed by atoms with Crippen molar-refractivity contribution in [1.29, 1.82) is 0 Å². The minimum atomic E-state index is -1.17. The van der Waals surface area contributed by atoms with Gasteiger partial charge in [-0.15, -0.1) is 0 Å². The van der Waals surface area contributed by atoms with Gasteiger partial charge in [-0.05, 0) is 6.42 Å². The molecule has 1 N–H and O–H groups in total. The second-order valence-corrected chi connectivity index (χ2v) is 3.11. The molecule has 0 aliphatic rings. The van der Waals surface area contributed by atoms with Gasteiger partial charge in [0.15, 0.2) is 0 Å². The van der Waals surface area contributed by atoms with E-state index < -0.39 is 12.3 Å². The maximum absolute atomic E-state index is 10.1. The summed E-state index contributed by atoms with van der Waals surface area (Å²) in [7, 11) is 0. The van der Waals surface area contributed by atoms with Crippen molar-refractivity contribution in [2.75, 3.05) is 6.61 Å². The van der Waals surface area contributed by atoms with E-state index in [9.17, 15) is 9.59 Å². The Morgan fingerprint density at radius 2 is 1.48 bits per heavy atom. The number of carboxylic acid groups (broad SMARTS) is 1. The van der Waals surface area contributed by atoms with E-state index in [-0.39, 0.29) is 0 Å². The second-order valence-electron chi connectivity index (χ2n) is 3.11. The highest BCUT2D eigenvalue weighted by atomic mass is 16.7. The van der Waals surface area contributed by atoms with Gasteiger partial charge in [0.1, 0.15) is 0 Å². The quantitative estimate of drug-likeness (QED) is 0.319. The third-order valence-corrected chi connectivity index (χ3v) is 1.50. The van der Waals surface area contributed by atoms with Crippen LogP contribution < -0.4 is 0 Å². The van der Waals surface area contributed by atoms with Crippen molar-refractivity contribution in [2.24, 2.45) is 0 Å². The Labute approximate surface area is 126 Å². The predicted octanol–water partition coefficient (Wildman–Crippen LogP) is 4.66. The zero-order valence-electron chi connectivity index (χ0n) is 12.5. The van der Waals surface area contributed by atoms with Crippen molar-refractivity contribution >= 4 is 12.3 Å². The molecule has 0 unspecified atom stereocenters. The van der Waals surface area contributed by atoms with Gasteiger partial charge >= 0.3 is 12.3 Å². The number of carbonyl (C=O) groups is 2. The van der Waals surface area contributed by atoms with E-state index in [1.54, 1.807) is 12.2 Å². The highest BCUT2D eigenvalue weighted by Crippen LogP contribution is 1.93. The fourth-order valence-corrected chi connectivity index (χ4v) is 0.675. The number of allylic oxidation sites excluding steroid dienone is 2. The summed E-state index contributed by atoms with van der Waals surface area (Å²) in [6, 6.07) is 0. The SMILES string of the molecule is C=CC=C.C=COC(=O)OC=C.CCCCCOC(=O)O. The van der Waals surface area contributed by atoms with E-state index in [1.807, 2.05) is 0 Å². The van der Waals surface area contributed by atoms with Crippen molar-refractivity contribution in [3.05, 3.63) is 51.0 Å². The molecule has 0 aliphatic heterocycles. The second kappa shape index (κ2) is 22.7. The highest BCUT2D eigenvalue weighted by Gasteiger charge is 1.94. The Balaban J connectivity index is -0.000000249. The molecule has 0 fully saturated rings. The molecule has 0 aromatic rings. The molecule has 0 saturated heterocycles. The number of hydrogen-bond donors (Lipinski definition) is 1. The Bertz CT molecular complexity index is 291. The lowest BCUT2D eigenvalue weighted by Crippen LogP contribution is -2.00. The van der Waals surface area contributed by atoms with Crippen molar-refractivity contribution in [1.82, 2.24) is 0 Å². The van der Waals surface area contributed by atoms with Gasteiger partial charge in [0.05, 0.1) is 19.1 Å². The summed E-state index contributed by atoms with van der Waals surface area (Å²) in [5.74, 6) is 0. The molecular formula is C15H24O6. The Morgan fingerprint density at radius 3 is 1.76 bits per heavy atom. The molecular weight excluding hydrogens is 276 g/mol. The monoisotopic (exact) mass is 300 g/mol. The standard InChI is InChI=1S/C6H12O3.C5H6O3.C4H6/c1-2-3-4-5-9-6(7)8;1-3-7-5(6)8-4-2;1-3-4-2/h2-5H2,1H3,(H,7,8);3-4H,1-2H2;3-4H,1-2H2. The largest absolute Gasteiger partial charge is 0.518 e. The molecule has 6 nitrogen and oxygen atoms in total. The van der Waals surface area contributed by atoms with Crippen molar-refractivity contribution in [3.63, 3.8) is 0 Å². The summed E-state index contributed by atoms with van der Waals surface area (Å²) in [5, 5.41) is 7.99. The summed E-state index contributed by atoms with van der Waals surface area (Å²) >= 11 is 0. The summed E-state index contributed by atoms with van der Waals surface area (Å²) < 4.78 is 12.5. The molecule has 0 amide bonds. The van der Waals surface area contributed by atoms with E-state index in [1.165, 1.54) is 0 Å². The molecule has 0 rings (SSSR count). The van der Waals surface area contributed by atoms with Gasteiger partial charge in [-0.2, -0.15) is 0 Å². The lowest BCUT2D eigenvalue weighted by molar-refractivity contribution is 0.0900. The highest BCUT2D eigenvalue weighted by molar-refractivity contribution is 5.61. The van der Waals surface area contributed by atoms with Gasteiger partial charge < -0.3 is 19.3 Å². The van der Waals surface area contributed by atoms with Crippen LogP contribution in [0, 0.1) is 0 Å². The summed E-state index contributed by atoms with van der Waals surface area (Å²) in [6.07, 6.45) is 6.19. The van der Waals surface area contributed by atoms with Crippen LogP contribution in [0.4, 0.5) is 9.59 Å². The molecule has 0 bridgehead atoms. The van der Waals surface area contributed by atoms with Crippen LogP contribution in [0.3, 0.4) is 0 Å². The zero-order valence-corrected chi connectivity index (χ0v) is 12.5. The van der Waals surface area contributed by atoms with Gasteiger partial charge in [0, 0.05) is 0 Å². The number of unbranched alkanes of at least 4 members (excludes halogenated alkanes) is 2. The fourth-order valence-electron chi connectivity index (χ4n) is 0.675. The van der Waals surface area contributed by atoms with Crippen molar-refractivity contribution in [3.8, 4) is 0 Å². The van der Waals surface area contributed by atoms with Crippen LogP contribution in [-0.2, 0) is 14.2 Å². The minimum Gasteiger partial charge on any atom is -0.450 e. The molecule has 0 heterocycles. The zero-order chi connectivity index (χ0) is 16.9. The van der Waals surface area contributed by atoms with E-state index in [0.717, 1.165) is 31.8 Å². The first-order valence-corrected chi connectivity index (χ1v) is 6.18. The van der Waals surface area contributed by atoms with Crippen LogP contribution >= 0.6 is 0 Å². The third kappa shape index (κ3) is 38.1. The molecule has 0 aromatic carbocycles. The van der Waals surface area contributed by atoms with Gasteiger partial charge in [0.2, 0.25) is 0 Å². The van der Waals surface area contributed by atoms with E-state index in [0.29, 0.717) is 6.61 Å². The summed E-state index contributed by atoms with van der Waals surface area (Å²) in [5.41, 5.74) is 0. The van der Waals surface area contributed by atoms with Gasteiger partial charge in [-0.1, -0.05) is 58.2 Å². The molecule has 0 saturated carbocycles. The molecule has 21 heavy (non-hydrogen) atoms. The lowest BCUT2D eigenvalue weighted by atomic mass is 10.3. The van der Waals surface area contributed by atoms with E-state index >= 15 is 0 Å². The van der Waals surface area contributed by atoms with Crippen molar-refractivity contribution in [2.45, 2.75) is 26.2 Å². The summed E-state index contributed by atoms with van der Waals surface area (Å²) in [6.45, 7) is 15.4. The van der Waals surface area contributed by atoms with Crippen LogP contribution in [0.2, 0.25) is 0 Å². The Hall–Kier alpha value is -2.50. The van der Waals surface area contributed by atoms with Crippen LogP contribution in [0.15, 0.2) is 51.0 Å². The van der Waals surface area contributed by atoms with Gasteiger partial charge in [-0.25, -0.2) is 9.59 Å². The molecule has 0 spiro atoms. The van der Waals surface area contributed by atoms with E-state index in [4.69, 9.17) is 5.11 Å². The van der Waals surface area contributed by atoms with Crippen LogP contribution in [0.5, 0.6) is 0 Å². The normalized spacial score (nSPS) is 7.48. The molecule has 6 heteroatoms. The average Bonchev–Trinajstić information content (AvgIpc) is 2.45. The number of rotatable bonds is 7. The number of carbonyl (C=O) groups excluding carboxylic acids is 1. The molecule has 120 valence electrons. The van der Waals surface area contributed by atoms with Crippen LogP contribution in [0.1, 0.15) is 26.2 Å². The lowest BCUT2D eigenvalue weighted by Gasteiger charge is -1.96. The van der Waals surface area contributed by atoms with Crippen LogP contribution in [-0.4, -0.2) is 24.0 Å². The Kier molecular flexibility index (Phi) is 25.4. The smallest absolute Gasteiger partial charge is 0.450 e. The number of hydrogen-bond acceptors (Lipinski definition) is 5. The van der Waals surface area contributed by atoms with Gasteiger partial charge in [0.25, 0.3) is 0 Å². The first-order chi connectivity index (χ1) is 9.99.